The van der Waals surface area contributed by atoms with Crippen LogP contribution < -0.4 is 5.32 Å². The van der Waals surface area contributed by atoms with Crippen molar-refractivity contribution >= 4 is 11.3 Å². The third-order valence-electron chi connectivity index (χ3n) is 3.38. The summed E-state index contributed by atoms with van der Waals surface area (Å²) in [5.74, 6) is 0. The minimum atomic E-state index is 0.542. The first-order valence-electron chi connectivity index (χ1n) is 6.78. The first-order chi connectivity index (χ1) is 8.40. The van der Waals surface area contributed by atoms with E-state index < -0.39 is 0 Å². The summed E-state index contributed by atoms with van der Waals surface area (Å²) < 4.78 is 5.67. The van der Waals surface area contributed by atoms with E-state index in [0.717, 1.165) is 13.2 Å². The molecule has 1 aromatic heterocycles. The van der Waals surface area contributed by atoms with Gasteiger partial charge in [0, 0.05) is 17.5 Å². The van der Waals surface area contributed by atoms with Crippen LogP contribution in [-0.4, -0.2) is 19.3 Å². The van der Waals surface area contributed by atoms with Crippen LogP contribution >= 0.6 is 11.3 Å². The van der Waals surface area contributed by atoms with E-state index in [1.807, 2.05) is 11.3 Å². The average molecular weight is 253 g/mol. The van der Waals surface area contributed by atoms with Gasteiger partial charge in [0.2, 0.25) is 0 Å². The van der Waals surface area contributed by atoms with Gasteiger partial charge < -0.3 is 10.1 Å². The molecule has 0 saturated carbocycles. The van der Waals surface area contributed by atoms with Gasteiger partial charge in [0.15, 0.2) is 0 Å². The molecule has 3 heteroatoms. The van der Waals surface area contributed by atoms with Crippen molar-refractivity contribution in [1.82, 2.24) is 5.32 Å². The average Bonchev–Trinajstić information content (AvgIpc) is 3.01. The Kier molecular flexibility index (Phi) is 5.49. The summed E-state index contributed by atoms with van der Waals surface area (Å²) in [6.45, 7) is 4.20. The Morgan fingerprint density at radius 1 is 1.59 bits per heavy atom. The van der Waals surface area contributed by atoms with Crippen molar-refractivity contribution in [3.8, 4) is 0 Å². The van der Waals surface area contributed by atoms with Crippen LogP contribution in [0.15, 0.2) is 17.5 Å². The molecule has 0 spiro atoms. The van der Waals surface area contributed by atoms with Gasteiger partial charge >= 0.3 is 0 Å². The summed E-state index contributed by atoms with van der Waals surface area (Å²) in [6, 6.07) is 4.93. The van der Waals surface area contributed by atoms with Gasteiger partial charge in [-0.05, 0) is 50.1 Å². The van der Waals surface area contributed by atoms with Gasteiger partial charge in [0.05, 0.1) is 6.10 Å². The minimum Gasteiger partial charge on any atom is -0.378 e. The lowest BCUT2D eigenvalue weighted by Gasteiger charge is -2.17. The predicted molar refractivity (Wildman–Crippen MR) is 73.6 cm³/mol. The molecule has 1 aromatic rings. The highest BCUT2D eigenvalue weighted by molar-refractivity contribution is 7.10. The molecule has 1 fully saturated rings. The fraction of sp³-hybridized carbons (Fsp3) is 0.714. The largest absolute Gasteiger partial charge is 0.378 e. The quantitative estimate of drug-likeness (QED) is 0.799. The van der Waals surface area contributed by atoms with Gasteiger partial charge in [-0.1, -0.05) is 13.0 Å². The van der Waals surface area contributed by atoms with Gasteiger partial charge in [-0.3, -0.25) is 0 Å². The molecule has 2 atom stereocenters. The molecule has 1 aliphatic rings. The fourth-order valence-electron chi connectivity index (χ4n) is 2.50. The number of thiophene rings is 1. The summed E-state index contributed by atoms with van der Waals surface area (Å²) >= 11 is 1.86. The summed E-state index contributed by atoms with van der Waals surface area (Å²) in [7, 11) is 0. The standard InChI is InChI=1S/C14H23NOS/c1-2-15-13(14-9-5-11-17-14)8-3-6-12-7-4-10-16-12/h5,9,11-13,15H,2-4,6-8,10H2,1H3. The molecule has 0 bridgehead atoms. The van der Waals surface area contributed by atoms with E-state index in [1.165, 1.54) is 37.0 Å². The van der Waals surface area contributed by atoms with Crippen molar-refractivity contribution in [2.45, 2.75) is 51.2 Å². The van der Waals surface area contributed by atoms with E-state index in [9.17, 15) is 0 Å². The molecule has 1 saturated heterocycles. The summed E-state index contributed by atoms with van der Waals surface area (Å²) in [5.41, 5.74) is 0. The Balaban J connectivity index is 1.73. The van der Waals surface area contributed by atoms with Crippen LogP contribution in [0.25, 0.3) is 0 Å². The van der Waals surface area contributed by atoms with E-state index in [2.05, 4.69) is 29.8 Å². The third-order valence-corrected chi connectivity index (χ3v) is 4.37. The van der Waals surface area contributed by atoms with E-state index >= 15 is 0 Å². The van der Waals surface area contributed by atoms with Crippen LogP contribution in [0.3, 0.4) is 0 Å². The second kappa shape index (κ2) is 7.14. The number of ether oxygens (including phenoxy) is 1. The SMILES string of the molecule is CCNC(CCCC1CCCO1)c1cccs1. The molecular formula is C14H23NOS. The smallest absolute Gasteiger partial charge is 0.0576 e. The van der Waals surface area contributed by atoms with Crippen molar-refractivity contribution in [3.63, 3.8) is 0 Å². The zero-order chi connectivity index (χ0) is 11.9. The second-order valence-electron chi connectivity index (χ2n) is 4.69. The Bertz CT molecular complexity index is 293. The molecule has 2 heterocycles. The Labute approximate surface area is 108 Å². The van der Waals surface area contributed by atoms with Crippen LogP contribution in [0.2, 0.25) is 0 Å². The van der Waals surface area contributed by atoms with Crippen molar-refractivity contribution in [2.24, 2.45) is 0 Å². The van der Waals surface area contributed by atoms with Gasteiger partial charge in [-0.2, -0.15) is 0 Å². The molecule has 0 radical (unpaired) electrons. The molecule has 0 amide bonds. The predicted octanol–water partition coefficient (Wildman–Crippen LogP) is 3.75. The number of hydrogen-bond donors (Lipinski definition) is 1. The number of rotatable bonds is 7. The highest BCUT2D eigenvalue weighted by Crippen LogP contribution is 2.25. The molecule has 2 rings (SSSR count). The van der Waals surface area contributed by atoms with E-state index in [-0.39, 0.29) is 0 Å². The Morgan fingerprint density at radius 2 is 2.53 bits per heavy atom. The topological polar surface area (TPSA) is 21.3 Å². The van der Waals surface area contributed by atoms with Gasteiger partial charge in [-0.15, -0.1) is 11.3 Å². The van der Waals surface area contributed by atoms with E-state index in [4.69, 9.17) is 4.74 Å². The van der Waals surface area contributed by atoms with Crippen molar-refractivity contribution in [1.29, 1.82) is 0 Å². The second-order valence-corrected chi connectivity index (χ2v) is 5.67. The van der Waals surface area contributed by atoms with Gasteiger partial charge in [-0.25, -0.2) is 0 Å². The van der Waals surface area contributed by atoms with Gasteiger partial charge in [0.1, 0.15) is 0 Å². The number of nitrogens with one attached hydrogen (secondary N) is 1. The zero-order valence-electron chi connectivity index (χ0n) is 10.7. The maximum absolute atomic E-state index is 5.67. The number of hydrogen-bond acceptors (Lipinski definition) is 3. The van der Waals surface area contributed by atoms with E-state index in [0.29, 0.717) is 12.1 Å². The maximum atomic E-state index is 5.67. The monoisotopic (exact) mass is 253 g/mol. The molecule has 96 valence electrons. The highest BCUT2D eigenvalue weighted by Gasteiger charge is 2.16. The van der Waals surface area contributed by atoms with Crippen molar-refractivity contribution in [2.75, 3.05) is 13.2 Å². The van der Waals surface area contributed by atoms with E-state index in [1.54, 1.807) is 0 Å². The lowest BCUT2D eigenvalue weighted by molar-refractivity contribution is 0.101. The molecule has 0 aromatic carbocycles. The minimum absolute atomic E-state index is 0.542. The Hall–Kier alpha value is -0.380. The normalized spacial score (nSPS) is 21.8. The molecular weight excluding hydrogens is 230 g/mol. The summed E-state index contributed by atoms with van der Waals surface area (Å²) in [6.07, 6.45) is 6.79. The molecule has 1 aliphatic heterocycles. The van der Waals surface area contributed by atoms with Crippen molar-refractivity contribution in [3.05, 3.63) is 22.4 Å². The highest BCUT2D eigenvalue weighted by atomic mass is 32.1. The van der Waals surface area contributed by atoms with Crippen LogP contribution in [0.4, 0.5) is 0 Å². The summed E-state index contributed by atoms with van der Waals surface area (Å²) in [4.78, 5) is 1.47. The zero-order valence-corrected chi connectivity index (χ0v) is 11.5. The van der Waals surface area contributed by atoms with Crippen LogP contribution in [0.1, 0.15) is 49.9 Å². The molecule has 0 aliphatic carbocycles. The first kappa shape index (κ1) is 13.1. The fourth-order valence-corrected chi connectivity index (χ4v) is 3.34. The Morgan fingerprint density at radius 3 is 3.18 bits per heavy atom. The summed E-state index contributed by atoms with van der Waals surface area (Å²) in [5, 5.41) is 5.75. The van der Waals surface area contributed by atoms with Gasteiger partial charge in [0.25, 0.3) is 0 Å². The lowest BCUT2D eigenvalue weighted by Crippen LogP contribution is -2.20. The molecule has 2 unspecified atom stereocenters. The van der Waals surface area contributed by atoms with Crippen LogP contribution in [0.5, 0.6) is 0 Å². The van der Waals surface area contributed by atoms with Crippen molar-refractivity contribution < 1.29 is 4.74 Å². The molecule has 17 heavy (non-hydrogen) atoms. The van der Waals surface area contributed by atoms with Crippen LogP contribution in [-0.2, 0) is 4.74 Å². The third kappa shape index (κ3) is 4.09. The first-order valence-corrected chi connectivity index (χ1v) is 7.66. The maximum Gasteiger partial charge on any atom is 0.0576 e. The molecule has 1 N–H and O–H groups in total. The van der Waals surface area contributed by atoms with Crippen LogP contribution in [0, 0.1) is 0 Å². The lowest BCUT2D eigenvalue weighted by atomic mass is 10.0. The molecule has 2 nitrogen and oxygen atoms in total.